The van der Waals surface area contributed by atoms with Crippen LogP contribution in [0.5, 0.6) is 0 Å². The highest BCUT2D eigenvalue weighted by molar-refractivity contribution is 9.10. The lowest BCUT2D eigenvalue weighted by Crippen LogP contribution is -1.98. The van der Waals surface area contributed by atoms with Crippen LogP contribution in [0.3, 0.4) is 0 Å². The quantitative estimate of drug-likeness (QED) is 0.659. The lowest BCUT2D eigenvalue weighted by atomic mass is 9.94. The fourth-order valence-electron chi connectivity index (χ4n) is 1.46. The maximum absolute atomic E-state index is 6.05. The van der Waals surface area contributed by atoms with Gasteiger partial charge in [-0.1, -0.05) is 31.5 Å². The zero-order valence-electron chi connectivity index (χ0n) is 8.28. The molecule has 0 aliphatic rings. The first-order chi connectivity index (χ1) is 6.61. The van der Waals surface area contributed by atoms with E-state index in [9.17, 15) is 0 Å². The van der Waals surface area contributed by atoms with E-state index in [1.807, 2.05) is 12.1 Å². The normalized spacial score (nSPS) is 12.9. The maximum atomic E-state index is 6.05. The van der Waals surface area contributed by atoms with Crippen molar-refractivity contribution in [1.29, 1.82) is 0 Å². The molecule has 0 heterocycles. The summed E-state index contributed by atoms with van der Waals surface area (Å²) in [6.07, 6.45) is 1.09. The van der Waals surface area contributed by atoms with E-state index in [0.29, 0.717) is 11.8 Å². The van der Waals surface area contributed by atoms with Gasteiger partial charge in [0.25, 0.3) is 0 Å². The summed E-state index contributed by atoms with van der Waals surface area (Å²) in [5.74, 6) is 1.02. The molecule has 0 nitrogen and oxygen atoms in total. The van der Waals surface area contributed by atoms with E-state index in [1.54, 1.807) is 0 Å². The van der Waals surface area contributed by atoms with Crippen LogP contribution in [-0.4, -0.2) is 0 Å². The SMILES string of the molecule is CCC(C)c1c(CCl)ccc(Cl)c1Br. The van der Waals surface area contributed by atoms with Crippen molar-refractivity contribution in [2.75, 3.05) is 0 Å². The minimum Gasteiger partial charge on any atom is -0.122 e. The Kier molecular flexibility index (Phi) is 4.75. The molecule has 0 saturated heterocycles. The number of hydrogen-bond donors (Lipinski definition) is 0. The van der Waals surface area contributed by atoms with Gasteiger partial charge in [0.2, 0.25) is 0 Å². The Labute approximate surface area is 104 Å². The predicted octanol–water partition coefficient (Wildman–Crippen LogP) is 5.35. The van der Waals surface area contributed by atoms with Crippen molar-refractivity contribution in [3.8, 4) is 0 Å². The minimum atomic E-state index is 0.483. The molecule has 3 heteroatoms. The molecule has 1 atom stereocenters. The van der Waals surface area contributed by atoms with Crippen LogP contribution < -0.4 is 0 Å². The van der Waals surface area contributed by atoms with Gasteiger partial charge in [-0.2, -0.15) is 0 Å². The first-order valence-electron chi connectivity index (χ1n) is 4.64. The maximum Gasteiger partial charge on any atom is 0.0551 e. The number of alkyl halides is 1. The molecule has 78 valence electrons. The highest BCUT2D eigenvalue weighted by atomic mass is 79.9. The molecule has 1 aromatic rings. The second-order valence-corrected chi connectivity index (χ2v) is 4.84. The van der Waals surface area contributed by atoms with Gasteiger partial charge in [0.1, 0.15) is 0 Å². The standard InChI is InChI=1S/C11H13BrCl2/c1-3-7(2)10-8(6-13)4-5-9(14)11(10)12/h4-5,7H,3,6H2,1-2H3. The van der Waals surface area contributed by atoms with E-state index in [2.05, 4.69) is 29.8 Å². The third kappa shape index (κ3) is 2.44. The second-order valence-electron chi connectivity index (χ2n) is 3.38. The summed E-state index contributed by atoms with van der Waals surface area (Å²) >= 11 is 15.5. The first kappa shape index (κ1) is 12.4. The van der Waals surface area contributed by atoms with Crippen LogP contribution >= 0.6 is 39.1 Å². The molecule has 14 heavy (non-hydrogen) atoms. The largest absolute Gasteiger partial charge is 0.122 e. The third-order valence-electron chi connectivity index (χ3n) is 2.47. The highest BCUT2D eigenvalue weighted by Crippen LogP contribution is 2.36. The number of benzene rings is 1. The molecule has 0 spiro atoms. The van der Waals surface area contributed by atoms with Crippen molar-refractivity contribution < 1.29 is 0 Å². The van der Waals surface area contributed by atoms with Crippen molar-refractivity contribution in [3.63, 3.8) is 0 Å². The summed E-state index contributed by atoms with van der Waals surface area (Å²) in [7, 11) is 0. The minimum absolute atomic E-state index is 0.483. The van der Waals surface area contributed by atoms with E-state index in [4.69, 9.17) is 23.2 Å². The Balaban J connectivity index is 3.27. The molecule has 0 aromatic heterocycles. The zero-order chi connectivity index (χ0) is 10.7. The zero-order valence-corrected chi connectivity index (χ0v) is 11.4. The smallest absolute Gasteiger partial charge is 0.0551 e. The van der Waals surface area contributed by atoms with Crippen molar-refractivity contribution >= 4 is 39.1 Å². The lowest BCUT2D eigenvalue weighted by Gasteiger charge is -2.16. The van der Waals surface area contributed by atoms with Crippen molar-refractivity contribution in [1.82, 2.24) is 0 Å². The van der Waals surface area contributed by atoms with Crippen LogP contribution in [0.1, 0.15) is 37.3 Å². The Morgan fingerprint density at radius 2 is 2.07 bits per heavy atom. The summed E-state index contributed by atoms with van der Waals surface area (Å²) in [6.45, 7) is 4.35. The van der Waals surface area contributed by atoms with Crippen LogP contribution in [0.2, 0.25) is 5.02 Å². The molecule has 0 aliphatic heterocycles. The first-order valence-corrected chi connectivity index (χ1v) is 6.35. The average Bonchev–Trinajstić information content (AvgIpc) is 2.20. The van der Waals surface area contributed by atoms with Crippen molar-refractivity contribution in [3.05, 3.63) is 32.8 Å². The Hall–Kier alpha value is 0.280. The molecular weight excluding hydrogens is 283 g/mol. The van der Waals surface area contributed by atoms with Crippen molar-refractivity contribution in [2.45, 2.75) is 32.1 Å². The Bertz CT molecular complexity index is 323. The summed E-state index contributed by atoms with van der Waals surface area (Å²) in [4.78, 5) is 0. The van der Waals surface area contributed by atoms with Crippen molar-refractivity contribution in [2.24, 2.45) is 0 Å². The van der Waals surface area contributed by atoms with Gasteiger partial charge in [-0.3, -0.25) is 0 Å². The summed E-state index contributed by atoms with van der Waals surface area (Å²) < 4.78 is 0.992. The molecule has 0 radical (unpaired) electrons. The van der Waals surface area contributed by atoms with Crippen LogP contribution in [0.4, 0.5) is 0 Å². The van der Waals surface area contributed by atoms with E-state index in [0.717, 1.165) is 21.5 Å². The second kappa shape index (κ2) is 5.39. The van der Waals surface area contributed by atoms with Crippen LogP contribution in [0.25, 0.3) is 0 Å². The van der Waals surface area contributed by atoms with Crippen LogP contribution in [0.15, 0.2) is 16.6 Å². The number of halogens is 3. The monoisotopic (exact) mass is 294 g/mol. The summed E-state index contributed by atoms with van der Waals surface area (Å²) in [5.41, 5.74) is 2.41. The Morgan fingerprint density at radius 1 is 1.43 bits per heavy atom. The van der Waals surface area contributed by atoms with E-state index < -0.39 is 0 Å². The number of rotatable bonds is 3. The highest BCUT2D eigenvalue weighted by Gasteiger charge is 2.14. The molecule has 1 aromatic carbocycles. The average molecular weight is 296 g/mol. The molecule has 0 bridgehead atoms. The van der Waals surface area contributed by atoms with E-state index in [-0.39, 0.29) is 0 Å². The summed E-state index contributed by atoms with van der Waals surface area (Å²) in [5, 5.41) is 0.758. The molecule has 1 unspecified atom stereocenters. The molecule has 0 saturated carbocycles. The van der Waals surface area contributed by atoms with Gasteiger partial charge < -0.3 is 0 Å². The van der Waals surface area contributed by atoms with Gasteiger partial charge in [-0.05, 0) is 45.5 Å². The van der Waals surface area contributed by atoms with Gasteiger partial charge in [-0.25, -0.2) is 0 Å². The van der Waals surface area contributed by atoms with Gasteiger partial charge in [0.15, 0.2) is 0 Å². The van der Waals surface area contributed by atoms with Gasteiger partial charge >= 0.3 is 0 Å². The van der Waals surface area contributed by atoms with Gasteiger partial charge in [0.05, 0.1) is 5.02 Å². The Morgan fingerprint density at radius 3 is 2.57 bits per heavy atom. The summed E-state index contributed by atoms with van der Waals surface area (Å²) in [6, 6.07) is 3.89. The molecule has 1 rings (SSSR count). The van der Waals surface area contributed by atoms with Gasteiger partial charge in [0, 0.05) is 10.4 Å². The molecule has 0 N–H and O–H groups in total. The molecule has 0 aliphatic carbocycles. The number of hydrogen-bond acceptors (Lipinski definition) is 0. The third-order valence-corrected chi connectivity index (χ3v) is 4.16. The lowest BCUT2D eigenvalue weighted by molar-refractivity contribution is 0.723. The fraction of sp³-hybridized carbons (Fsp3) is 0.455. The van der Waals surface area contributed by atoms with Gasteiger partial charge in [-0.15, -0.1) is 11.6 Å². The molecule has 0 fully saturated rings. The predicted molar refractivity (Wildman–Crippen MR) is 67.4 cm³/mol. The fourth-order valence-corrected chi connectivity index (χ4v) is 2.64. The van der Waals surface area contributed by atoms with Crippen LogP contribution in [0, 0.1) is 0 Å². The topological polar surface area (TPSA) is 0 Å². The molecule has 0 amide bonds. The molecular formula is C11H13BrCl2. The van der Waals surface area contributed by atoms with E-state index >= 15 is 0 Å². The van der Waals surface area contributed by atoms with Crippen LogP contribution in [-0.2, 0) is 5.88 Å². The van der Waals surface area contributed by atoms with E-state index in [1.165, 1.54) is 5.56 Å².